The summed E-state index contributed by atoms with van der Waals surface area (Å²) >= 11 is 1.42. The molecular weight excluding hydrogens is 284 g/mol. The van der Waals surface area contributed by atoms with E-state index in [1.165, 1.54) is 16.9 Å². The predicted octanol–water partition coefficient (Wildman–Crippen LogP) is 1.68. The summed E-state index contributed by atoms with van der Waals surface area (Å²) in [4.78, 5) is 21.3. The number of pyridine rings is 1. The number of carbonyl (C=O) groups excluding carboxylic acids is 1. The molecule has 0 saturated carbocycles. The van der Waals surface area contributed by atoms with Gasteiger partial charge in [0.2, 0.25) is 0 Å². The third kappa shape index (κ3) is 3.22. The van der Waals surface area contributed by atoms with Crippen molar-refractivity contribution in [1.29, 1.82) is 0 Å². The molecule has 5 nitrogen and oxygen atoms in total. The molecule has 3 heterocycles. The molecule has 21 heavy (non-hydrogen) atoms. The van der Waals surface area contributed by atoms with E-state index in [0.717, 1.165) is 32.7 Å². The van der Waals surface area contributed by atoms with Crippen LogP contribution in [0.15, 0.2) is 36.0 Å². The quantitative estimate of drug-likeness (QED) is 0.937. The molecule has 1 saturated heterocycles. The Morgan fingerprint density at radius 1 is 1.19 bits per heavy atom. The Labute approximate surface area is 128 Å². The summed E-state index contributed by atoms with van der Waals surface area (Å²) in [6, 6.07) is 5.85. The van der Waals surface area contributed by atoms with Crippen LogP contribution in [-0.4, -0.2) is 46.9 Å². The summed E-state index contributed by atoms with van der Waals surface area (Å²) in [6.45, 7) is 4.19. The van der Waals surface area contributed by atoms with Crippen LogP contribution in [0.3, 0.4) is 0 Å². The summed E-state index contributed by atoms with van der Waals surface area (Å²) in [5.74, 6) is 0.0612. The van der Waals surface area contributed by atoms with E-state index in [0.29, 0.717) is 10.6 Å². The van der Waals surface area contributed by atoms with Crippen LogP contribution in [0, 0.1) is 0 Å². The van der Waals surface area contributed by atoms with Gasteiger partial charge in [-0.2, -0.15) is 0 Å². The van der Waals surface area contributed by atoms with Crippen molar-refractivity contribution in [2.24, 2.45) is 0 Å². The van der Waals surface area contributed by atoms with Crippen LogP contribution in [0.5, 0.6) is 0 Å². The van der Waals surface area contributed by atoms with Gasteiger partial charge in [0.25, 0.3) is 5.91 Å². The van der Waals surface area contributed by atoms with Gasteiger partial charge in [-0.3, -0.25) is 14.7 Å². The molecular formula is C15H18N4OS. The molecule has 2 aromatic rings. The van der Waals surface area contributed by atoms with Crippen molar-refractivity contribution in [2.75, 3.05) is 31.9 Å². The second-order valence-electron chi connectivity index (χ2n) is 5.13. The number of nitrogen functional groups attached to an aromatic ring is 1. The maximum absolute atomic E-state index is 12.4. The molecule has 3 rings (SSSR count). The van der Waals surface area contributed by atoms with E-state index in [1.807, 2.05) is 34.8 Å². The highest BCUT2D eigenvalue weighted by Gasteiger charge is 2.24. The molecule has 0 bridgehead atoms. The van der Waals surface area contributed by atoms with Gasteiger partial charge in [-0.1, -0.05) is 0 Å². The molecule has 110 valence electrons. The van der Waals surface area contributed by atoms with Gasteiger partial charge in [0, 0.05) is 45.1 Å². The zero-order valence-electron chi connectivity index (χ0n) is 11.7. The second-order valence-corrected chi connectivity index (χ2v) is 6.04. The number of carbonyl (C=O) groups is 1. The maximum Gasteiger partial charge on any atom is 0.266 e. The van der Waals surface area contributed by atoms with Gasteiger partial charge in [-0.25, -0.2) is 0 Å². The average Bonchev–Trinajstić information content (AvgIpc) is 2.94. The normalized spacial score (nSPS) is 16.1. The van der Waals surface area contributed by atoms with Crippen LogP contribution in [-0.2, 0) is 6.54 Å². The highest BCUT2D eigenvalue weighted by molar-refractivity contribution is 7.12. The van der Waals surface area contributed by atoms with E-state index in [-0.39, 0.29) is 5.91 Å². The van der Waals surface area contributed by atoms with E-state index < -0.39 is 0 Å². The third-order valence-corrected chi connectivity index (χ3v) is 4.62. The Morgan fingerprint density at radius 2 is 1.90 bits per heavy atom. The first-order valence-electron chi connectivity index (χ1n) is 6.97. The summed E-state index contributed by atoms with van der Waals surface area (Å²) in [6.07, 6.45) is 3.63. The van der Waals surface area contributed by atoms with Gasteiger partial charge in [0.1, 0.15) is 4.88 Å². The number of rotatable bonds is 3. The average molecular weight is 302 g/mol. The summed E-state index contributed by atoms with van der Waals surface area (Å²) in [7, 11) is 0. The Kier molecular flexibility index (Phi) is 4.17. The fourth-order valence-electron chi connectivity index (χ4n) is 2.49. The van der Waals surface area contributed by atoms with Gasteiger partial charge in [0.05, 0.1) is 5.69 Å². The van der Waals surface area contributed by atoms with Gasteiger partial charge < -0.3 is 10.6 Å². The fraction of sp³-hybridized carbons (Fsp3) is 0.333. The molecule has 0 unspecified atom stereocenters. The Bertz CT molecular complexity index is 605. The summed E-state index contributed by atoms with van der Waals surface area (Å²) < 4.78 is 0. The molecule has 6 heteroatoms. The number of aromatic nitrogens is 1. The lowest BCUT2D eigenvalue weighted by Crippen LogP contribution is -2.48. The molecule has 2 N–H and O–H groups in total. The highest BCUT2D eigenvalue weighted by atomic mass is 32.1. The summed E-state index contributed by atoms with van der Waals surface area (Å²) in [5.41, 5.74) is 7.67. The molecule has 1 aliphatic heterocycles. The first-order valence-corrected chi connectivity index (χ1v) is 7.85. The molecule has 0 spiro atoms. The smallest absolute Gasteiger partial charge is 0.266 e. The zero-order valence-corrected chi connectivity index (χ0v) is 12.6. The molecule has 2 aromatic heterocycles. The Balaban J connectivity index is 1.56. The van der Waals surface area contributed by atoms with E-state index in [1.54, 1.807) is 6.07 Å². The van der Waals surface area contributed by atoms with Crippen LogP contribution in [0.25, 0.3) is 0 Å². The number of nitrogens with two attached hydrogens (primary N) is 1. The number of nitrogens with zero attached hydrogens (tertiary/aromatic N) is 3. The van der Waals surface area contributed by atoms with Crippen molar-refractivity contribution >= 4 is 22.9 Å². The molecule has 0 atom stereocenters. The van der Waals surface area contributed by atoms with Crippen molar-refractivity contribution in [1.82, 2.24) is 14.8 Å². The van der Waals surface area contributed by atoms with Crippen molar-refractivity contribution in [3.05, 3.63) is 46.4 Å². The highest BCUT2D eigenvalue weighted by Crippen LogP contribution is 2.21. The molecule has 0 aromatic carbocycles. The van der Waals surface area contributed by atoms with Gasteiger partial charge in [0.15, 0.2) is 0 Å². The van der Waals surface area contributed by atoms with Gasteiger partial charge in [-0.05, 0) is 29.1 Å². The minimum absolute atomic E-state index is 0.0612. The van der Waals surface area contributed by atoms with Gasteiger partial charge in [-0.15, -0.1) is 11.3 Å². The lowest BCUT2D eigenvalue weighted by Gasteiger charge is -2.34. The Morgan fingerprint density at radius 3 is 2.52 bits per heavy atom. The van der Waals surface area contributed by atoms with Crippen LogP contribution in [0.2, 0.25) is 0 Å². The molecule has 1 aliphatic rings. The molecule has 1 fully saturated rings. The largest absolute Gasteiger partial charge is 0.397 e. The van der Waals surface area contributed by atoms with Crippen molar-refractivity contribution < 1.29 is 4.79 Å². The predicted molar refractivity (Wildman–Crippen MR) is 84.1 cm³/mol. The standard InChI is InChI=1S/C15H18N4OS/c16-13-3-10-21-14(13)15(20)19-8-6-18(7-9-19)11-12-1-4-17-5-2-12/h1-5,10H,6-9,11,16H2. The number of anilines is 1. The van der Waals surface area contributed by atoms with Crippen LogP contribution in [0.1, 0.15) is 15.2 Å². The van der Waals surface area contributed by atoms with Crippen molar-refractivity contribution in [3.63, 3.8) is 0 Å². The number of hydrogen-bond donors (Lipinski definition) is 1. The molecule has 0 aliphatic carbocycles. The van der Waals surface area contributed by atoms with E-state index in [4.69, 9.17) is 5.73 Å². The van der Waals surface area contributed by atoms with Gasteiger partial charge >= 0.3 is 0 Å². The Hall–Kier alpha value is -1.92. The monoisotopic (exact) mass is 302 g/mol. The zero-order chi connectivity index (χ0) is 14.7. The van der Waals surface area contributed by atoms with E-state index in [9.17, 15) is 4.79 Å². The van der Waals surface area contributed by atoms with E-state index in [2.05, 4.69) is 9.88 Å². The van der Waals surface area contributed by atoms with Crippen molar-refractivity contribution in [2.45, 2.75) is 6.54 Å². The lowest BCUT2D eigenvalue weighted by atomic mass is 10.2. The minimum Gasteiger partial charge on any atom is -0.397 e. The van der Waals surface area contributed by atoms with Crippen molar-refractivity contribution in [3.8, 4) is 0 Å². The van der Waals surface area contributed by atoms with Crippen LogP contribution in [0.4, 0.5) is 5.69 Å². The van der Waals surface area contributed by atoms with E-state index >= 15 is 0 Å². The molecule has 0 radical (unpaired) electrons. The van der Waals surface area contributed by atoms with Crippen LogP contribution < -0.4 is 5.73 Å². The second kappa shape index (κ2) is 6.24. The number of amides is 1. The lowest BCUT2D eigenvalue weighted by molar-refractivity contribution is 0.0634. The minimum atomic E-state index is 0.0612. The SMILES string of the molecule is Nc1ccsc1C(=O)N1CCN(Cc2ccncc2)CC1. The fourth-order valence-corrected chi connectivity index (χ4v) is 3.28. The topological polar surface area (TPSA) is 62.5 Å². The third-order valence-electron chi connectivity index (χ3n) is 3.70. The molecule has 1 amide bonds. The number of thiophene rings is 1. The first kappa shape index (κ1) is 14.0. The maximum atomic E-state index is 12.4. The summed E-state index contributed by atoms with van der Waals surface area (Å²) in [5, 5.41) is 1.86. The first-order chi connectivity index (χ1) is 10.2. The van der Waals surface area contributed by atoms with Crippen LogP contribution >= 0.6 is 11.3 Å². The number of piperazine rings is 1. The number of hydrogen-bond acceptors (Lipinski definition) is 5.